The van der Waals surface area contributed by atoms with Gasteiger partial charge in [-0.15, -0.1) is 0 Å². The van der Waals surface area contributed by atoms with Crippen LogP contribution in [0.4, 0.5) is 0 Å². The molecule has 274 valence electrons. The molecule has 1 amide bonds. The van der Waals surface area contributed by atoms with Crippen molar-refractivity contribution in [3.63, 3.8) is 0 Å². The Morgan fingerprint density at radius 2 is 0.717 bits per heavy atom. The highest BCUT2D eigenvalue weighted by Crippen LogP contribution is 1.96. The number of hydrogen-bond acceptors (Lipinski definition) is 11. The second-order valence-corrected chi connectivity index (χ2v) is 11.1. The van der Waals surface area contributed by atoms with Gasteiger partial charge in [-0.2, -0.15) is 0 Å². The second kappa shape index (κ2) is 44.5. The summed E-state index contributed by atoms with van der Waals surface area (Å²) < 4.78 is 0. The SMILES string of the molecule is CC(=O)CCCNCCCCCNCCCCC[NH2+]CCCCCNCCCCCNC(C)=O.CC(=O)[O-].CC(=O)[O-].CC(=O)[O-]. The van der Waals surface area contributed by atoms with Gasteiger partial charge < -0.3 is 61.1 Å². The molecule has 6 N–H and O–H groups in total. The normalized spacial score (nSPS) is 9.85. The zero-order valence-corrected chi connectivity index (χ0v) is 29.6. The number of amides is 1. The van der Waals surface area contributed by atoms with E-state index in [1.165, 1.54) is 83.7 Å². The Morgan fingerprint density at radius 1 is 0.435 bits per heavy atom. The number of carbonyl (C=O) groups excluding carboxylic acids is 5. The number of Topliss-reactive ketones (excluding diaryl/α,β-unsaturated/α-hetero) is 1. The molecule has 0 aliphatic heterocycles. The minimum atomic E-state index is -1.08. The highest BCUT2D eigenvalue weighted by Gasteiger charge is 1.97. The Morgan fingerprint density at radius 3 is 1.02 bits per heavy atom. The molecule has 0 unspecified atom stereocenters. The third-order valence-corrected chi connectivity index (χ3v) is 6.02. The van der Waals surface area contributed by atoms with Crippen LogP contribution in [0.25, 0.3) is 0 Å². The molecule has 0 aromatic heterocycles. The Kier molecular flexibility index (Phi) is 48.6. The van der Waals surface area contributed by atoms with Crippen LogP contribution in [-0.2, 0) is 24.0 Å². The Balaban J connectivity index is -0.000000622. The van der Waals surface area contributed by atoms with Gasteiger partial charge in [-0.3, -0.25) is 4.79 Å². The summed E-state index contributed by atoms with van der Waals surface area (Å²) in [6.45, 7) is 16.1. The van der Waals surface area contributed by atoms with Crippen LogP contribution in [0.3, 0.4) is 0 Å². The average molecular weight is 662 g/mol. The summed E-state index contributed by atoms with van der Waals surface area (Å²) in [6, 6.07) is 0. The van der Waals surface area contributed by atoms with E-state index in [1.807, 2.05) is 0 Å². The van der Waals surface area contributed by atoms with Crippen LogP contribution in [-0.4, -0.2) is 88.5 Å². The first kappa shape index (κ1) is 50.3. The molecule has 0 spiro atoms. The van der Waals surface area contributed by atoms with Gasteiger partial charge in [0.15, 0.2) is 0 Å². The van der Waals surface area contributed by atoms with Crippen molar-refractivity contribution in [3.05, 3.63) is 0 Å². The van der Waals surface area contributed by atoms with Crippen molar-refractivity contribution >= 4 is 29.6 Å². The summed E-state index contributed by atoms with van der Waals surface area (Å²) in [5, 5.41) is 42.5. The molecule has 13 heteroatoms. The van der Waals surface area contributed by atoms with Crippen LogP contribution in [0.5, 0.6) is 0 Å². The number of aliphatic carboxylic acids is 3. The van der Waals surface area contributed by atoms with Crippen molar-refractivity contribution in [3.8, 4) is 0 Å². The van der Waals surface area contributed by atoms with Gasteiger partial charge in [-0.1, -0.05) is 12.8 Å². The molecule has 0 aromatic carbocycles. The maximum Gasteiger partial charge on any atom is 0.216 e. The van der Waals surface area contributed by atoms with Crippen LogP contribution in [0, 0.1) is 0 Å². The predicted octanol–water partition coefficient (Wildman–Crippen LogP) is -1.23. The lowest BCUT2D eigenvalue weighted by Gasteiger charge is -2.06. The van der Waals surface area contributed by atoms with Gasteiger partial charge in [0, 0.05) is 37.8 Å². The molecule has 13 nitrogen and oxygen atoms in total. The Labute approximate surface area is 278 Å². The minimum Gasteiger partial charge on any atom is -0.550 e. The topological polar surface area (TPSA) is 219 Å². The molecule has 46 heavy (non-hydrogen) atoms. The van der Waals surface area contributed by atoms with E-state index >= 15 is 0 Å². The van der Waals surface area contributed by atoms with E-state index in [0.29, 0.717) is 12.2 Å². The fourth-order valence-electron chi connectivity index (χ4n) is 3.91. The summed E-state index contributed by atoms with van der Waals surface area (Å²) in [5.74, 6) is -2.88. The summed E-state index contributed by atoms with van der Waals surface area (Å²) >= 11 is 0. The largest absolute Gasteiger partial charge is 0.550 e. The van der Waals surface area contributed by atoms with E-state index in [4.69, 9.17) is 29.7 Å². The van der Waals surface area contributed by atoms with Gasteiger partial charge in [0.2, 0.25) is 5.91 Å². The molecule has 0 rings (SSSR count). The molecule has 0 saturated carbocycles. The van der Waals surface area contributed by atoms with Crippen molar-refractivity contribution in [2.24, 2.45) is 0 Å². The Hall–Kier alpha value is -2.61. The molecule has 0 atom stereocenters. The van der Waals surface area contributed by atoms with Crippen LogP contribution in [0.2, 0.25) is 0 Å². The van der Waals surface area contributed by atoms with Crippen molar-refractivity contribution in [2.45, 2.75) is 125 Å². The van der Waals surface area contributed by atoms with E-state index in [9.17, 15) is 9.59 Å². The number of hydrogen-bond donors (Lipinski definition) is 5. The lowest BCUT2D eigenvalue weighted by molar-refractivity contribution is -0.655. The van der Waals surface area contributed by atoms with Crippen molar-refractivity contribution in [1.29, 1.82) is 0 Å². The maximum absolute atomic E-state index is 10.9. The Bertz CT molecular complexity index is 631. The minimum absolute atomic E-state index is 0.0738. The number of carboxylic acid groups (broad SMARTS) is 3. The van der Waals surface area contributed by atoms with E-state index in [-0.39, 0.29) is 5.91 Å². The fraction of sp³-hybridized carbons (Fsp3) is 0.848. The highest BCUT2D eigenvalue weighted by atomic mass is 16.4. The van der Waals surface area contributed by atoms with E-state index in [1.54, 1.807) is 13.8 Å². The smallest absolute Gasteiger partial charge is 0.216 e. The number of quaternary nitrogens is 1. The summed E-state index contributed by atoms with van der Waals surface area (Å²) in [5.41, 5.74) is 0. The lowest BCUT2D eigenvalue weighted by Crippen LogP contribution is -2.84. The summed E-state index contributed by atoms with van der Waals surface area (Å²) in [4.78, 5) is 48.3. The standard InChI is InChI=1S/C27H57N5O2.3C2H4O2/c1-26(33)16-15-24-31-23-12-5-11-20-29-19-8-3-7-17-28-18-9-4-10-21-30-22-13-6-14-25-32-27(2)34;3*1-2(3)4/h28-31H,3-25H2,1-2H3,(H,32,34);3*1H3,(H,3,4)/p-2. The number of nitrogens with two attached hydrogens (primary N) is 1. The number of carbonyl (C=O) groups is 5. The molecular formula is C33H67N5O8-2. The number of unbranched alkanes of at least 4 members (excludes halogenated alkanes) is 8. The molecule has 0 radical (unpaired) electrons. The monoisotopic (exact) mass is 662 g/mol. The molecular weight excluding hydrogens is 594 g/mol. The first-order chi connectivity index (χ1) is 21.8. The van der Waals surface area contributed by atoms with Crippen LogP contribution in [0.1, 0.15) is 125 Å². The molecule has 0 bridgehead atoms. The molecule has 0 saturated heterocycles. The zero-order chi connectivity index (χ0) is 35.7. The van der Waals surface area contributed by atoms with Crippen molar-refractivity contribution in [1.82, 2.24) is 21.3 Å². The number of nitrogens with one attached hydrogen (secondary N) is 4. The number of carboxylic acids is 3. The first-order valence-corrected chi connectivity index (χ1v) is 17.0. The van der Waals surface area contributed by atoms with E-state index in [2.05, 4.69) is 26.6 Å². The molecule has 0 fully saturated rings. The lowest BCUT2D eigenvalue weighted by atomic mass is 10.2. The molecule has 0 aromatic rings. The van der Waals surface area contributed by atoms with Crippen LogP contribution >= 0.6 is 0 Å². The molecule has 0 aliphatic rings. The van der Waals surface area contributed by atoms with E-state index in [0.717, 1.165) is 79.4 Å². The maximum atomic E-state index is 10.9. The third kappa shape index (κ3) is 83.8. The second-order valence-electron chi connectivity index (χ2n) is 11.1. The average Bonchev–Trinajstić information content (AvgIpc) is 2.93. The predicted molar refractivity (Wildman–Crippen MR) is 176 cm³/mol. The van der Waals surface area contributed by atoms with Crippen molar-refractivity contribution < 1.29 is 44.6 Å². The van der Waals surface area contributed by atoms with Crippen LogP contribution < -0.4 is 41.9 Å². The van der Waals surface area contributed by atoms with Gasteiger partial charge in [0.05, 0.1) is 13.1 Å². The van der Waals surface area contributed by atoms with Crippen LogP contribution in [0.15, 0.2) is 0 Å². The molecule has 0 heterocycles. The van der Waals surface area contributed by atoms with Gasteiger partial charge in [0.25, 0.3) is 0 Å². The fourth-order valence-corrected chi connectivity index (χ4v) is 3.91. The van der Waals surface area contributed by atoms with Crippen molar-refractivity contribution in [2.75, 3.05) is 58.9 Å². The molecule has 0 aliphatic carbocycles. The number of ketones is 1. The zero-order valence-electron chi connectivity index (χ0n) is 29.6. The quantitative estimate of drug-likeness (QED) is 0.0625. The first-order valence-electron chi connectivity index (χ1n) is 17.0. The third-order valence-electron chi connectivity index (χ3n) is 6.02. The summed E-state index contributed by atoms with van der Waals surface area (Å²) in [7, 11) is 0. The van der Waals surface area contributed by atoms with Gasteiger partial charge in [-0.25, -0.2) is 0 Å². The van der Waals surface area contributed by atoms with Gasteiger partial charge in [0.1, 0.15) is 5.78 Å². The van der Waals surface area contributed by atoms with Gasteiger partial charge in [-0.05, 0) is 138 Å². The summed E-state index contributed by atoms with van der Waals surface area (Å²) in [6.07, 6.45) is 16.8. The van der Waals surface area contributed by atoms with E-state index < -0.39 is 17.9 Å². The number of rotatable bonds is 28. The highest BCUT2D eigenvalue weighted by molar-refractivity contribution is 5.75. The van der Waals surface area contributed by atoms with Gasteiger partial charge >= 0.3 is 0 Å².